The highest BCUT2D eigenvalue weighted by Crippen LogP contribution is 2.24. The molecule has 0 fully saturated rings. The van der Waals surface area contributed by atoms with E-state index in [1.165, 1.54) is 7.11 Å². The average Bonchev–Trinajstić information content (AvgIpc) is 2.44. The third kappa shape index (κ3) is 8.05. The Morgan fingerprint density at radius 2 is 1.91 bits per heavy atom. The van der Waals surface area contributed by atoms with Gasteiger partial charge in [0.1, 0.15) is 13.2 Å². The van der Waals surface area contributed by atoms with Crippen molar-refractivity contribution in [3.63, 3.8) is 0 Å². The van der Waals surface area contributed by atoms with Crippen LogP contribution in [0.4, 0.5) is 0 Å². The summed E-state index contributed by atoms with van der Waals surface area (Å²) in [4.78, 5) is 4.68. The van der Waals surface area contributed by atoms with Crippen LogP contribution in [-0.4, -0.2) is 50.8 Å². The van der Waals surface area contributed by atoms with Gasteiger partial charge in [-0.3, -0.25) is 0 Å². The summed E-state index contributed by atoms with van der Waals surface area (Å²) in [6.45, 7) is 15.3. The van der Waals surface area contributed by atoms with E-state index in [-0.39, 0.29) is 5.41 Å². The number of ether oxygens (including phenoxy) is 1. The van der Waals surface area contributed by atoms with Crippen LogP contribution in [-0.2, 0) is 9.57 Å². The molecule has 6 nitrogen and oxygen atoms in total. The van der Waals surface area contributed by atoms with Crippen LogP contribution in [0.15, 0.2) is 29.7 Å². The first-order valence-corrected chi connectivity index (χ1v) is 7.32. The van der Waals surface area contributed by atoms with Crippen LogP contribution in [0.1, 0.15) is 27.2 Å². The number of aliphatic hydroxyl groups excluding tert-OH is 1. The number of nitrogens with one attached hydrogen (secondary N) is 2. The maximum Gasteiger partial charge on any atom is 0.106 e. The zero-order chi connectivity index (χ0) is 17.2. The van der Waals surface area contributed by atoms with Gasteiger partial charge in [-0.05, 0) is 6.92 Å². The Labute approximate surface area is 134 Å². The predicted octanol–water partition coefficient (Wildman–Crippen LogP) is 1.64. The molecule has 22 heavy (non-hydrogen) atoms. The molecule has 0 aromatic carbocycles. The van der Waals surface area contributed by atoms with E-state index in [1.807, 2.05) is 20.8 Å². The van der Waals surface area contributed by atoms with E-state index < -0.39 is 6.10 Å². The number of oxime groups is 1. The van der Waals surface area contributed by atoms with E-state index in [0.29, 0.717) is 25.4 Å². The SMILES string of the molecule is C=C(CCNC(=C)C(O)C(C)(C)COC)NC/C(C)=N/OC. The Bertz CT molecular complexity index is 392. The molecule has 3 N–H and O–H groups in total. The van der Waals surface area contributed by atoms with E-state index in [0.717, 1.165) is 17.8 Å². The molecule has 1 unspecified atom stereocenters. The molecule has 0 spiro atoms. The summed E-state index contributed by atoms with van der Waals surface area (Å²) in [5, 5.41) is 20.4. The Morgan fingerprint density at radius 3 is 2.45 bits per heavy atom. The summed E-state index contributed by atoms with van der Waals surface area (Å²) in [5.41, 5.74) is 1.93. The largest absolute Gasteiger partial charge is 0.399 e. The van der Waals surface area contributed by atoms with Gasteiger partial charge < -0.3 is 25.3 Å². The van der Waals surface area contributed by atoms with E-state index in [9.17, 15) is 5.11 Å². The lowest BCUT2D eigenvalue weighted by molar-refractivity contribution is 0.00881. The molecule has 0 bridgehead atoms. The maximum absolute atomic E-state index is 10.3. The van der Waals surface area contributed by atoms with Gasteiger partial charge in [-0.25, -0.2) is 0 Å². The summed E-state index contributed by atoms with van der Waals surface area (Å²) in [7, 11) is 3.14. The van der Waals surface area contributed by atoms with Crippen LogP contribution in [0, 0.1) is 5.41 Å². The van der Waals surface area contributed by atoms with Crippen LogP contribution >= 0.6 is 0 Å². The molecule has 0 aliphatic heterocycles. The molecule has 0 aliphatic rings. The predicted molar refractivity (Wildman–Crippen MR) is 90.7 cm³/mol. The first kappa shape index (κ1) is 20.5. The van der Waals surface area contributed by atoms with Crippen molar-refractivity contribution in [2.45, 2.75) is 33.3 Å². The summed E-state index contributed by atoms with van der Waals surface area (Å²) in [5.74, 6) is 0. The Balaban J connectivity index is 4.07. The molecule has 6 heteroatoms. The molecule has 0 saturated carbocycles. The van der Waals surface area contributed by atoms with Gasteiger partial charge in [0.25, 0.3) is 0 Å². The molecule has 0 aliphatic carbocycles. The summed E-state index contributed by atoms with van der Waals surface area (Å²) < 4.78 is 5.12. The van der Waals surface area contributed by atoms with Crippen LogP contribution in [0.3, 0.4) is 0 Å². The average molecular weight is 313 g/mol. The minimum atomic E-state index is -0.676. The first-order valence-electron chi connectivity index (χ1n) is 7.32. The van der Waals surface area contributed by atoms with Crippen LogP contribution in [0.2, 0.25) is 0 Å². The highest BCUT2D eigenvalue weighted by atomic mass is 16.6. The lowest BCUT2D eigenvalue weighted by Crippen LogP contribution is -2.39. The van der Waals surface area contributed by atoms with Crippen molar-refractivity contribution in [3.05, 3.63) is 24.6 Å². The second-order valence-corrected chi connectivity index (χ2v) is 5.99. The third-order valence-corrected chi connectivity index (χ3v) is 3.21. The van der Waals surface area contributed by atoms with Crippen molar-refractivity contribution in [3.8, 4) is 0 Å². The lowest BCUT2D eigenvalue weighted by atomic mass is 9.86. The fraction of sp³-hybridized carbons (Fsp3) is 0.688. The van der Waals surface area contributed by atoms with Gasteiger partial charge in [0, 0.05) is 36.9 Å². The fourth-order valence-corrected chi connectivity index (χ4v) is 1.92. The number of aliphatic hydroxyl groups is 1. The minimum absolute atomic E-state index is 0.387. The monoisotopic (exact) mass is 313 g/mol. The number of rotatable bonds is 12. The van der Waals surface area contributed by atoms with E-state index >= 15 is 0 Å². The van der Waals surface area contributed by atoms with Crippen molar-refractivity contribution < 1.29 is 14.7 Å². The fourth-order valence-electron chi connectivity index (χ4n) is 1.92. The molecular weight excluding hydrogens is 282 g/mol. The first-order chi connectivity index (χ1) is 10.2. The normalized spacial score (nSPS) is 13.5. The Kier molecular flexibility index (Phi) is 9.53. The Morgan fingerprint density at radius 1 is 1.27 bits per heavy atom. The van der Waals surface area contributed by atoms with Crippen LogP contribution in [0.5, 0.6) is 0 Å². The van der Waals surface area contributed by atoms with Gasteiger partial charge in [-0.1, -0.05) is 32.2 Å². The molecule has 0 radical (unpaired) electrons. The summed E-state index contributed by atoms with van der Waals surface area (Å²) in [6, 6.07) is 0. The van der Waals surface area contributed by atoms with E-state index in [1.54, 1.807) is 7.11 Å². The van der Waals surface area contributed by atoms with Crippen molar-refractivity contribution in [1.82, 2.24) is 10.6 Å². The molecule has 0 heterocycles. The van der Waals surface area contributed by atoms with Gasteiger partial charge in [0.05, 0.1) is 18.9 Å². The highest BCUT2D eigenvalue weighted by Gasteiger charge is 2.29. The molecule has 0 aromatic heterocycles. The number of methoxy groups -OCH3 is 1. The topological polar surface area (TPSA) is 75.1 Å². The van der Waals surface area contributed by atoms with Crippen LogP contribution in [0.25, 0.3) is 0 Å². The second kappa shape index (κ2) is 10.2. The number of nitrogens with zero attached hydrogens (tertiary/aromatic N) is 1. The molecule has 0 amide bonds. The quantitative estimate of drug-likeness (QED) is 0.377. The third-order valence-electron chi connectivity index (χ3n) is 3.21. The molecule has 0 rings (SSSR count). The van der Waals surface area contributed by atoms with Crippen molar-refractivity contribution >= 4 is 5.71 Å². The van der Waals surface area contributed by atoms with Gasteiger partial charge in [-0.15, -0.1) is 0 Å². The summed E-state index contributed by atoms with van der Waals surface area (Å²) >= 11 is 0. The van der Waals surface area contributed by atoms with Crippen molar-refractivity contribution in [2.75, 3.05) is 33.9 Å². The maximum atomic E-state index is 10.3. The minimum Gasteiger partial charge on any atom is -0.399 e. The number of hydrogen-bond acceptors (Lipinski definition) is 6. The van der Waals surface area contributed by atoms with E-state index in [2.05, 4.69) is 33.8 Å². The summed E-state index contributed by atoms with van der Waals surface area (Å²) in [6.07, 6.45) is 0.0428. The van der Waals surface area contributed by atoms with Crippen LogP contribution < -0.4 is 10.6 Å². The standard InChI is InChI=1S/C16H31N3O3/c1-12(18-10-13(2)19-22-7)8-9-17-14(3)15(20)16(4,5)11-21-6/h15,17-18,20H,1,3,8-11H2,2,4-7H3/b19-13+. The van der Waals surface area contributed by atoms with E-state index in [4.69, 9.17) is 4.74 Å². The van der Waals surface area contributed by atoms with Crippen molar-refractivity contribution in [1.29, 1.82) is 0 Å². The van der Waals surface area contributed by atoms with Crippen molar-refractivity contribution in [2.24, 2.45) is 10.6 Å². The second-order valence-electron chi connectivity index (χ2n) is 5.99. The molecule has 0 saturated heterocycles. The molecular formula is C16H31N3O3. The molecule has 128 valence electrons. The van der Waals surface area contributed by atoms with Gasteiger partial charge >= 0.3 is 0 Å². The van der Waals surface area contributed by atoms with Gasteiger partial charge in [0.15, 0.2) is 0 Å². The lowest BCUT2D eigenvalue weighted by Gasteiger charge is -2.31. The zero-order valence-electron chi connectivity index (χ0n) is 14.5. The molecule has 0 aromatic rings. The highest BCUT2D eigenvalue weighted by molar-refractivity contribution is 5.83. The molecule has 1 atom stereocenters. The zero-order valence-corrected chi connectivity index (χ0v) is 14.5. The number of hydrogen-bond donors (Lipinski definition) is 3. The van der Waals surface area contributed by atoms with Gasteiger partial charge in [0.2, 0.25) is 0 Å². The Hall–Kier alpha value is -1.53. The smallest absolute Gasteiger partial charge is 0.106 e. The van der Waals surface area contributed by atoms with Gasteiger partial charge in [-0.2, -0.15) is 0 Å².